The number of ether oxygens (including phenoxy) is 2. The monoisotopic (exact) mass is 441 g/mol. The lowest BCUT2D eigenvalue weighted by molar-refractivity contribution is -0.133. The summed E-state index contributed by atoms with van der Waals surface area (Å²) in [6, 6.07) is 7.09. The van der Waals surface area contributed by atoms with Gasteiger partial charge in [-0.05, 0) is 31.2 Å². The molecule has 0 unspecified atom stereocenters. The van der Waals surface area contributed by atoms with E-state index < -0.39 is 5.56 Å². The predicted octanol–water partition coefficient (Wildman–Crippen LogP) is 0.286. The highest BCUT2D eigenvalue weighted by atomic mass is 16.6. The Balaban J connectivity index is 1.47. The molecule has 1 aliphatic heterocycles. The molecule has 12 nitrogen and oxygen atoms in total. The maximum absolute atomic E-state index is 12.9. The second kappa shape index (κ2) is 9.04. The van der Waals surface area contributed by atoms with Gasteiger partial charge in [-0.2, -0.15) is 4.68 Å². The maximum atomic E-state index is 12.9. The Morgan fingerprint density at radius 3 is 2.41 bits per heavy atom. The molecular formula is C20H23N7O5. The predicted molar refractivity (Wildman–Crippen MR) is 113 cm³/mol. The second-order valence-corrected chi connectivity index (χ2v) is 7.12. The number of nitrogens with zero attached hydrogens (tertiary/aromatic N) is 7. The fraction of sp³-hybridized carbons (Fsp3) is 0.400. The third kappa shape index (κ3) is 4.11. The van der Waals surface area contributed by atoms with Crippen LogP contribution in [0.4, 0.5) is 4.79 Å². The van der Waals surface area contributed by atoms with E-state index in [2.05, 4.69) is 15.3 Å². The van der Waals surface area contributed by atoms with E-state index in [9.17, 15) is 14.4 Å². The number of rotatable bonds is 5. The Morgan fingerprint density at radius 1 is 1.06 bits per heavy atom. The fourth-order valence-corrected chi connectivity index (χ4v) is 3.45. The molecule has 2 aromatic heterocycles. The molecule has 0 saturated carbocycles. The van der Waals surface area contributed by atoms with Crippen molar-refractivity contribution in [3.63, 3.8) is 0 Å². The van der Waals surface area contributed by atoms with Crippen molar-refractivity contribution in [2.45, 2.75) is 13.5 Å². The fourth-order valence-electron chi connectivity index (χ4n) is 3.45. The Morgan fingerprint density at radius 2 is 1.75 bits per heavy atom. The van der Waals surface area contributed by atoms with Gasteiger partial charge in [-0.1, -0.05) is 5.21 Å². The van der Waals surface area contributed by atoms with Crippen LogP contribution in [0.15, 0.2) is 35.4 Å². The largest absolute Gasteiger partial charge is 0.497 e. The molecule has 0 N–H and O–H groups in total. The van der Waals surface area contributed by atoms with E-state index in [0.29, 0.717) is 49.9 Å². The number of carbonyl (C=O) groups excluding carboxylic acids is 2. The molecule has 2 amide bonds. The zero-order valence-electron chi connectivity index (χ0n) is 17.8. The van der Waals surface area contributed by atoms with Crippen LogP contribution in [0, 0.1) is 0 Å². The summed E-state index contributed by atoms with van der Waals surface area (Å²) < 4.78 is 12.8. The van der Waals surface area contributed by atoms with Crippen LogP contribution < -0.4 is 10.3 Å². The number of hydrogen-bond acceptors (Lipinski definition) is 8. The first kappa shape index (κ1) is 21.3. The highest BCUT2D eigenvalue weighted by Crippen LogP contribution is 2.16. The van der Waals surface area contributed by atoms with Gasteiger partial charge in [-0.3, -0.25) is 14.2 Å². The van der Waals surface area contributed by atoms with Crippen LogP contribution in [-0.4, -0.2) is 86.2 Å². The van der Waals surface area contributed by atoms with Gasteiger partial charge in [0.1, 0.15) is 18.6 Å². The number of piperazine rings is 1. The van der Waals surface area contributed by atoms with Gasteiger partial charge in [0.15, 0.2) is 11.2 Å². The van der Waals surface area contributed by atoms with Crippen LogP contribution in [0.5, 0.6) is 5.75 Å². The summed E-state index contributed by atoms with van der Waals surface area (Å²) in [6.07, 6.45) is 0.936. The van der Waals surface area contributed by atoms with Crippen molar-refractivity contribution in [3.05, 3.63) is 40.9 Å². The summed E-state index contributed by atoms with van der Waals surface area (Å²) in [7, 11) is 1.57. The highest BCUT2D eigenvalue weighted by Gasteiger charge is 2.25. The minimum atomic E-state index is -0.451. The molecule has 3 heterocycles. The number of aromatic nitrogens is 5. The Hall–Kier alpha value is -3.96. The zero-order chi connectivity index (χ0) is 22.7. The van der Waals surface area contributed by atoms with E-state index in [1.165, 1.54) is 15.6 Å². The van der Waals surface area contributed by atoms with Gasteiger partial charge in [0, 0.05) is 26.2 Å². The van der Waals surface area contributed by atoms with Crippen molar-refractivity contribution in [3.8, 4) is 11.4 Å². The standard InChI is InChI=1S/C20H23N7O5/c1-3-32-20(30)25-10-8-24(9-11-25)16(28)12-26-13-21-18-17(19(26)29)22-23-27(18)14-4-6-15(31-2)7-5-14/h4-7,13H,3,8-12H2,1-2H3. The van der Waals surface area contributed by atoms with Gasteiger partial charge in [0.25, 0.3) is 5.56 Å². The molecule has 168 valence electrons. The number of amides is 2. The van der Waals surface area contributed by atoms with Crippen LogP contribution >= 0.6 is 0 Å². The third-order valence-electron chi connectivity index (χ3n) is 5.21. The quantitative estimate of drug-likeness (QED) is 0.553. The van der Waals surface area contributed by atoms with E-state index >= 15 is 0 Å². The number of methoxy groups -OCH3 is 1. The Labute approximate surface area is 182 Å². The summed E-state index contributed by atoms with van der Waals surface area (Å²) in [5.74, 6) is 0.453. The summed E-state index contributed by atoms with van der Waals surface area (Å²) >= 11 is 0. The Bertz CT molecular complexity index is 1180. The first-order valence-electron chi connectivity index (χ1n) is 10.2. The van der Waals surface area contributed by atoms with Gasteiger partial charge in [-0.15, -0.1) is 5.10 Å². The van der Waals surface area contributed by atoms with Crippen molar-refractivity contribution >= 4 is 23.2 Å². The summed E-state index contributed by atoms with van der Waals surface area (Å²) in [4.78, 5) is 44.8. The minimum absolute atomic E-state index is 0.0725. The molecule has 0 bridgehead atoms. The lowest BCUT2D eigenvalue weighted by Gasteiger charge is -2.34. The van der Waals surface area contributed by atoms with Crippen LogP contribution in [-0.2, 0) is 16.1 Å². The van der Waals surface area contributed by atoms with E-state index in [-0.39, 0.29) is 24.1 Å². The average molecular weight is 441 g/mol. The molecule has 1 saturated heterocycles. The van der Waals surface area contributed by atoms with Crippen LogP contribution in [0.3, 0.4) is 0 Å². The van der Waals surface area contributed by atoms with Gasteiger partial charge in [0.05, 0.1) is 19.4 Å². The summed E-state index contributed by atoms with van der Waals surface area (Å²) in [5.41, 5.74) is 0.594. The highest BCUT2D eigenvalue weighted by molar-refractivity contribution is 5.77. The SMILES string of the molecule is CCOC(=O)N1CCN(C(=O)Cn2cnc3c(nnn3-c3ccc(OC)cc3)c2=O)CC1. The maximum Gasteiger partial charge on any atom is 0.409 e. The molecular weight excluding hydrogens is 418 g/mol. The number of carbonyl (C=O) groups is 2. The molecule has 12 heteroatoms. The zero-order valence-corrected chi connectivity index (χ0v) is 17.8. The van der Waals surface area contributed by atoms with E-state index in [1.807, 2.05) is 0 Å². The van der Waals surface area contributed by atoms with Gasteiger partial charge in [0.2, 0.25) is 5.91 Å². The van der Waals surface area contributed by atoms with Crippen molar-refractivity contribution in [2.24, 2.45) is 0 Å². The van der Waals surface area contributed by atoms with E-state index in [0.717, 1.165) is 0 Å². The second-order valence-electron chi connectivity index (χ2n) is 7.12. The average Bonchev–Trinajstić information content (AvgIpc) is 3.26. The first-order valence-corrected chi connectivity index (χ1v) is 10.2. The van der Waals surface area contributed by atoms with E-state index in [4.69, 9.17) is 9.47 Å². The normalized spacial score (nSPS) is 13.9. The third-order valence-corrected chi connectivity index (χ3v) is 5.21. The van der Waals surface area contributed by atoms with Gasteiger partial charge >= 0.3 is 6.09 Å². The van der Waals surface area contributed by atoms with Crippen LogP contribution in [0.25, 0.3) is 16.9 Å². The first-order chi connectivity index (χ1) is 15.5. The van der Waals surface area contributed by atoms with Crippen molar-refractivity contribution in [1.82, 2.24) is 34.3 Å². The molecule has 32 heavy (non-hydrogen) atoms. The lowest BCUT2D eigenvalue weighted by Crippen LogP contribution is -2.51. The van der Waals surface area contributed by atoms with E-state index in [1.54, 1.807) is 48.1 Å². The molecule has 1 fully saturated rings. The number of benzene rings is 1. The number of fused-ring (bicyclic) bond motifs is 1. The molecule has 0 spiro atoms. The smallest absolute Gasteiger partial charge is 0.409 e. The lowest BCUT2D eigenvalue weighted by atomic mass is 10.3. The van der Waals surface area contributed by atoms with Crippen molar-refractivity contribution in [2.75, 3.05) is 39.9 Å². The Kier molecular flexibility index (Phi) is 6.01. The molecule has 4 rings (SSSR count). The van der Waals surface area contributed by atoms with Gasteiger partial charge in [-0.25, -0.2) is 9.78 Å². The molecule has 1 aromatic carbocycles. The molecule has 0 atom stereocenters. The summed E-state index contributed by atoms with van der Waals surface area (Å²) in [5, 5.41) is 8.00. The molecule has 3 aromatic rings. The summed E-state index contributed by atoms with van der Waals surface area (Å²) in [6.45, 7) is 3.39. The topological polar surface area (TPSA) is 125 Å². The minimum Gasteiger partial charge on any atom is -0.497 e. The number of hydrogen-bond donors (Lipinski definition) is 0. The molecule has 1 aliphatic rings. The van der Waals surface area contributed by atoms with Crippen LogP contribution in [0.2, 0.25) is 0 Å². The molecule has 0 aliphatic carbocycles. The molecule has 0 radical (unpaired) electrons. The van der Waals surface area contributed by atoms with Gasteiger partial charge < -0.3 is 19.3 Å². The van der Waals surface area contributed by atoms with Crippen molar-refractivity contribution < 1.29 is 19.1 Å². The van der Waals surface area contributed by atoms with Crippen molar-refractivity contribution in [1.29, 1.82) is 0 Å². The van der Waals surface area contributed by atoms with Crippen LogP contribution in [0.1, 0.15) is 6.92 Å².